The number of hydrogen-bond acceptors (Lipinski definition) is 2. The highest BCUT2D eigenvalue weighted by Gasteiger charge is 2.11. The number of rotatable bonds is 3. The summed E-state index contributed by atoms with van der Waals surface area (Å²) in [7, 11) is 0. The molecule has 1 aromatic heterocycles. The van der Waals surface area contributed by atoms with Crippen molar-refractivity contribution in [3.8, 4) is 16.9 Å². The van der Waals surface area contributed by atoms with Gasteiger partial charge < -0.3 is 5.73 Å². The molecular weight excluding hydrogens is 282 g/mol. The summed E-state index contributed by atoms with van der Waals surface area (Å²) in [5.74, 6) is 0. The third kappa shape index (κ3) is 2.65. The average Bonchev–Trinajstić information content (AvgIpc) is 2.89. The quantitative estimate of drug-likeness (QED) is 0.781. The van der Waals surface area contributed by atoms with Crippen LogP contribution < -0.4 is 5.73 Å². The van der Waals surface area contributed by atoms with Crippen molar-refractivity contribution in [1.82, 2.24) is 9.78 Å². The third-order valence-corrected chi connectivity index (χ3v) is 3.80. The number of halogens is 1. The highest BCUT2D eigenvalue weighted by Crippen LogP contribution is 2.27. The SMILES string of the molecule is CCc1ccc(-c2nn(-c3ccccc3Cl)cc2N)cc1. The van der Waals surface area contributed by atoms with E-state index < -0.39 is 0 Å². The minimum atomic E-state index is 0.638. The number of aromatic nitrogens is 2. The van der Waals surface area contributed by atoms with Crippen LogP contribution in [-0.2, 0) is 6.42 Å². The summed E-state index contributed by atoms with van der Waals surface area (Å²) in [6.07, 6.45) is 2.81. The van der Waals surface area contributed by atoms with Gasteiger partial charge in [-0.1, -0.05) is 54.9 Å². The van der Waals surface area contributed by atoms with Crippen LogP contribution >= 0.6 is 11.6 Å². The Morgan fingerprint density at radius 2 is 1.81 bits per heavy atom. The molecule has 2 aromatic carbocycles. The summed E-state index contributed by atoms with van der Waals surface area (Å²) in [5.41, 5.74) is 10.6. The summed E-state index contributed by atoms with van der Waals surface area (Å²) in [5, 5.41) is 5.22. The van der Waals surface area contributed by atoms with E-state index >= 15 is 0 Å². The van der Waals surface area contributed by atoms with Crippen molar-refractivity contribution in [2.24, 2.45) is 0 Å². The number of anilines is 1. The van der Waals surface area contributed by atoms with E-state index in [-0.39, 0.29) is 0 Å². The van der Waals surface area contributed by atoms with E-state index in [1.54, 1.807) is 10.9 Å². The summed E-state index contributed by atoms with van der Waals surface area (Å²) >= 11 is 6.20. The molecule has 0 unspecified atom stereocenters. The first-order chi connectivity index (χ1) is 10.2. The molecule has 1 heterocycles. The Bertz CT molecular complexity index is 760. The van der Waals surface area contributed by atoms with Gasteiger partial charge in [0.1, 0.15) is 5.69 Å². The topological polar surface area (TPSA) is 43.8 Å². The van der Waals surface area contributed by atoms with Crippen molar-refractivity contribution >= 4 is 17.3 Å². The Morgan fingerprint density at radius 3 is 2.48 bits per heavy atom. The predicted molar refractivity (Wildman–Crippen MR) is 87.8 cm³/mol. The van der Waals surface area contributed by atoms with Gasteiger partial charge in [0.05, 0.1) is 22.6 Å². The summed E-state index contributed by atoms with van der Waals surface area (Å²) < 4.78 is 1.72. The fourth-order valence-corrected chi connectivity index (χ4v) is 2.49. The van der Waals surface area contributed by atoms with Crippen LogP contribution in [0.25, 0.3) is 16.9 Å². The molecule has 2 N–H and O–H groups in total. The second-order valence-electron chi connectivity index (χ2n) is 4.88. The van der Waals surface area contributed by atoms with Gasteiger partial charge in [0.2, 0.25) is 0 Å². The minimum Gasteiger partial charge on any atom is -0.396 e. The van der Waals surface area contributed by atoms with E-state index in [0.29, 0.717) is 10.7 Å². The van der Waals surface area contributed by atoms with Crippen LogP contribution in [0.15, 0.2) is 54.7 Å². The van der Waals surface area contributed by atoms with Gasteiger partial charge in [-0.2, -0.15) is 5.10 Å². The molecule has 0 aliphatic carbocycles. The standard InChI is InChI=1S/C17H16ClN3/c1-2-12-7-9-13(10-8-12)17-15(19)11-21(20-17)16-6-4-3-5-14(16)18/h3-11H,2,19H2,1H3. The molecule has 0 saturated heterocycles. The van der Waals surface area contributed by atoms with Crippen molar-refractivity contribution in [3.05, 3.63) is 65.3 Å². The van der Waals surface area contributed by atoms with Gasteiger partial charge in [-0.25, -0.2) is 4.68 Å². The molecule has 0 fully saturated rings. The molecule has 0 spiro atoms. The second kappa shape index (κ2) is 5.62. The number of nitrogens with zero attached hydrogens (tertiary/aromatic N) is 2. The van der Waals surface area contributed by atoms with Gasteiger partial charge in [-0.3, -0.25) is 0 Å². The van der Waals surface area contributed by atoms with E-state index in [4.69, 9.17) is 17.3 Å². The highest BCUT2D eigenvalue weighted by atomic mass is 35.5. The maximum atomic E-state index is 6.20. The van der Waals surface area contributed by atoms with Crippen LogP contribution in [0.4, 0.5) is 5.69 Å². The molecule has 3 aromatic rings. The average molecular weight is 298 g/mol. The molecule has 4 heteroatoms. The first kappa shape index (κ1) is 13.7. The Labute approximate surface area is 129 Å². The highest BCUT2D eigenvalue weighted by molar-refractivity contribution is 6.32. The zero-order chi connectivity index (χ0) is 14.8. The maximum Gasteiger partial charge on any atom is 0.116 e. The molecular formula is C17H16ClN3. The lowest BCUT2D eigenvalue weighted by molar-refractivity contribution is 0.884. The molecule has 0 atom stereocenters. The van der Waals surface area contributed by atoms with E-state index in [0.717, 1.165) is 23.4 Å². The molecule has 106 valence electrons. The van der Waals surface area contributed by atoms with Crippen molar-refractivity contribution in [3.63, 3.8) is 0 Å². The lowest BCUT2D eigenvalue weighted by atomic mass is 10.1. The summed E-state index contributed by atoms with van der Waals surface area (Å²) in [4.78, 5) is 0. The monoisotopic (exact) mass is 297 g/mol. The number of nitrogens with two attached hydrogens (primary N) is 1. The van der Waals surface area contributed by atoms with E-state index in [1.165, 1.54) is 5.56 Å². The minimum absolute atomic E-state index is 0.638. The summed E-state index contributed by atoms with van der Waals surface area (Å²) in [6.45, 7) is 2.13. The molecule has 0 bridgehead atoms. The Morgan fingerprint density at radius 1 is 1.10 bits per heavy atom. The van der Waals surface area contributed by atoms with Crippen molar-refractivity contribution in [2.75, 3.05) is 5.73 Å². The van der Waals surface area contributed by atoms with Crippen molar-refractivity contribution < 1.29 is 0 Å². The maximum absolute atomic E-state index is 6.20. The molecule has 0 aliphatic rings. The molecule has 0 aliphatic heterocycles. The summed E-state index contributed by atoms with van der Waals surface area (Å²) in [6, 6.07) is 15.9. The number of benzene rings is 2. The largest absolute Gasteiger partial charge is 0.396 e. The number of aryl methyl sites for hydroxylation is 1. The molecule has 3 rings (SSSR count). The number of para-hydroxylation sites is 1. The van der Waals surface area contributed by atoms with Crippen LogP contribution in [0.1, 0.15) is 12.5 Å². The third-order valence-electron chi connectivity index (χ3n) is 3.48. The van der Waals surface area contributed by atoms with Gasteiger partial charge in [-0.15, -0.1) is 0 Å². The lowest BCUT2D eigenvalue weighted by Crippen LogP contribution is -1.95. The predicted octanol–water partition coefficient (Wildman–Crippen LogP) is 4.34. The normalized spacial score (nSPS) is 10.8. The van der Waals surface area contributed by atoms with E-state index in [1.807, 2.05) is 24.3 Å². The van der Waals surface area contributed by atoms with Crippen molar-refractivity contribution in [1.29, 1.82) is 0 Å². The zero-order valence-corrected chi connectivity index (χ0v) is 12.5. The molecule has 3 nitrogen and oxygen atoms in total. The first-order valence-electron chi connectivity index (χ1n) is 6.88. The lowest BCUT2D eigenvalue weighted by Gasteiger charge is -2.03. The van der Waals surface area contributed by atoms with Crippen LogP contribution in [0.5, 0.6) is 0 Å². The van der Waals surface area contributed by atoms with Gasteiger partial charge in [0, 0.05) is 5.56 Å². The smallest absolute Gasteiger partial charge is 0.116 e. The number of nitrogen functional groups attached to an aromatic ring is 1. The van der Waals surface area contributed by atoms with Crippen LogP contribution in [0.3, 0.4) is 0 Å². The van der Waals surface area contributed by atoms with Crippen LogP contribution in [0.2, 0.25) is 5.02 Å². The van der Waals surface area contributed by atoms with Gasteiger partial charge in [0.25, 0.3) is 0 Å². The fourth-order valence-electron chi connectivity index (χ4n) is 2.27. The molecule has 0 amide bonds. The number of hydrogen-bond donors (Lipinski definition) is 1. The van der Waals surface area contributed by atoms with E-state index in [2.05, 4.69) is 36.3 Å². The Hall–Kier alpha value is -2.26. The van der Waals surface area contributed by atoms with E-state index in [9.17, 15) is 0 Å². The van der Waals surface area contributed by atoms with Crippen LogP contribution in [-0.4, -0.2) is 9.78 Å². The Kier molecular flexibility index (Phi) is 3.67. The Balaban J connectivity index is 2.03. The van der Waals surface area contributed by atoms with Gasteiger partial charge in [0.15, 0.2) is 0 Å². The van der Waals surface area contributed by atoms with Gasteiger partial charge in [-0.05, 0) is 24.1 Å². The second-order valence-corrected chi connectivity index (χ2v) is 5.29. The fraction of sp³-hybridized carbons (Fsp3) is 0.118. The molecule has 0 radical (unpaired) electrons. The molecule has 21 heavy (non-hydrogen) atoms. The van der Waals surface area contributed by atoms with Gasteiger partial charge >= 0.3 is 0 Å². The van der Waals surface area contributed by atoms with Crippen molar-refractivity contribution in [2.45, 2.75) is 13.3 Å². The van der Waals surface area contributed by atoms with Crippen LogP contribution in [0, 0.1) is 0 Å². The zero-order valence-electron chi connectivity index (χ0n) is 11.8. The molecule has 0 saturated carbocycles. The first-order valence-corrected chi connectivity index (χ1v) is 7.26.